The zero-order valence-electron chi connectivity index (χ0n) is 11.1. The van der Waals surface area contributed by atoms with Crippen molar-refractivity contribution < 1.29 is 0 Å². The fourth-order valence-corrected chi connectivity index (χ4v) is 2.78. The van der Waals surface area contributed by atoms with Crippen molar-refractivity contribution >= 4 is 0 Å². The second-order valence-electron chi connectivity index (χ2n) is 5.23. The van der Waals surface area contributed by atoms with E-state index in [1.807, 2.05) is 0 Å². The third kappa shape index (κ3) is 4.48. The van der Waals surface area contributed by atoms with Crippen LogP contribution in [0, 0.1) is 23.7 Å². The molecule has 0 aliphatic rings. The van der Waals surface area contributed by atoms with Gasteiger partial charge < -0.3 is 0 Å². The minimum absolute atomic E-state index is 0.858. The van der Waals surface area contributed by atoms with E-state index >= 15 is 0 Å². The molecule has 0 aromatic heterocycles. The predicted octanol–water partition coefficient (Wildman–Crippen LogP) is 5.13. The molecule has 0 heterocycles. The Hall–Kier alpha value is 0. The monoisotopic (exact) mass is 198 g/mol. The molecule has 0 heteroatoms. The standard InChI is InChI=1S/C14H30/c1-7-13(8-2)12(6)14(9-3)10-11(4)5/h11-14H,7-10H2,1-6H3. The summed E-state index contributed by atoms with van der Waals surface area (Å²) in [6.45, 7) is 14.2. The van der Waals surface area contributed by atoms with E-state index in [1.165, 1.54) is 25.7 Å². The van der Waals surface area contributed by atoms with Gasteiger partial charge in [0.15, 0.2) is 0 Å². The van der Waals surface area contributed by atoms with Crippen LogP contribution in [0.25, 0.3) is 0 Å². The van der Waals surface area contributed by atoms with Gasteiger partial charge in [0.1, 0.15) is 0 Å². The SMILES string of the molecule is CCC(CC)C(C)C(CC)CC(C)C. The maximum atomic E-state index is 2.47. The topological polar surface area (TPSA) is 0 Å². The van der Waals surface area contributed by atoms with Crippen LogP contribution in [0.2, 0.25) is 0 Å². The van der Waals surface area contributed by atoms with Crippen LogP contribution in [0.1, 0.15) is 67.2 Å². The summed E-state index contributed by atoms with van der Waals surface area (Å²) in [5.74, 6) is 3.66. The molecule has 0 rings (SSSR count). The van der Waals surface area contributed by atoms with Crippen molar-refractivity contribution in [3.63, 3.8) is 0 Å². The van der Waals surface area contributed by atoms with Gasteiger partial charge in [-0.1, -0.05) is 60.8 Å². The highest BCUT2D eigenvalue weighted by molar-refractivity contribution is 4.72. The molecule has 0 nitrogen and oxygen atoms in total. The zero-order chi connectivity index (χ0) is 11.1. The maximum absolute atomic E-state index is 2.47. The van der Waals surface area contributed by atoms with Gasteiger partial charge >= 0.3 is 0 Å². The van der Waals surface area contributed by atoms with E-state index in [0.29, 0.717) is 0 Å². The third-order valence-electron chi connectivity index (χ3n) is 3.83. The number of hydrogen-bond donors (Lipinski definition) is 0. The molecule has 0 aliphatic carbocycles. The Morgan fingerprint density at radius 2 is 1.14 bits per heavy atom. The molecule has 0 radical (unpaired) electrons. The summed E-state index contributed by atoms with van der Waals surface area (Å²) in [5, 5.41) is 0. The molecule has 0 N–H and O–H groups in total. The lowest BCUT2D eigenvalue weighted by Gasteiger charge is -2.30. The first-order valence-corrected chi connectivity index (χ1v) is 6.56. The maximum Gasteiger partial charge on any atom is -0.0386 e. The van der Waals surface area contributed by atoms with Crippen LogP contribution in [0.4, 0.5) is 0 Å². The van der Waals surface area contributed by atoms with Crippen LogP contribution in [-0.4, -0.2) is 0 Å². The van der Waals surface area contributed by atoms with Crippen LogP contribution in [0.3, 0.4) is 0 Å². The molecule has 14 heavy (non-hydrogen) atoms. The average molecular weight is 198 g/mol. The molecule has 2 atom stereocenters. The van der Waals surface area contributed by atoms with Crippen molar-refractivity contribution in [1.82, 2.24) is 0 Å². The summed E-state index contributed by atoms with van der Waals surface area (Å²) in [6.07, 6.45) is 5.47. The molecule has 0 amide bonds. The molecule has 0 saturated carbocycles. The van der Waals surface area contributed by atoms with Crippen molar-refractivity contribution in [2.24, 2.45) is 23.7 Å². The van der Waals surface area contributed by atoms with Crippen molar-refractivity contribution in [2.45, 2.75) is 67.2 Å². The predicted molar refractivity (Wildman–Crippen MR) is 66.5 cm³/mol. The molecular weight excluding hydrogens is 168 g/mol. The molecule has 0 aliphatic heterocycles. The van der Waals surface area contributed by atoms with Gasteiger partial charge in [-0.25, -0.2) is 0 Å². The molecule has 0 fully saturated rings. The Balaban J connectivity index is 4.20. The molecule has 0 bridgehead atoms. The van der Waals surface area contributed by atoms with Gasteiger partial charge in [0.2, 0.25) is 0 Å². The van der Waals surface area contributed by atoms with Crippen LogP contribution in [0.5, 0.6) is 0 Å². The fourth-order valence-electron chi connectivity index (χ4n) is 2.78. The highest BCUT2D eigenvalue weighted by Crippen LogP contribution is 2.32. The van der Waals surface area contributed by atoms with Gasteiger partial charge in [-0.15, -0.1) is 0 Å². The Morgan fingerprint density at radius 3 is 1.43 bits per heavy atom. The normalized spacial score (nSPS) is 16.3. The van der Waals surface area contributed by atoms with E-state index in [2.05, 4.69) is 41.5 Å². The van der Waals surface area contributed by atoms with Crippen molar-refractivity contribution in [3.05, 3.63) is 0 Å². The molecule has 86 valence electrons. The van der Waals surface area contributed by atoms with E-state index in [9.17, 15) is 0 Å². The van der Waals surface area contributed by atoms with E-state index in [0.717, 1.165) is 23.7 Å². The molecule has 0 aromatic rings. The quantitative estimate of drug-likeness (QED) is 0.532. The molecule has 2 unspecified atom stereocenters. The third-order valence-corrected chi connectivity index (χ3v) is 3.83. The summed E-state index contributed by atoms with van der Waals surface area (Å²) < 4.78 is 0. The van der Waals surface area contributed by atoms with Crippen molar-refractivity contribution in [1.29, 1.82) is 0 Å². The summed E-state index contributed by atoms with van der Waals surface area (Å²) in [7, 11) is 0. The smallest absolute Gasteiger partial charge is 0.0386 e. The van der Waals surface area contributed by atoms with Gasteiger partial charge in [-0.05, 0) is 30.1 Å². The minimum atomic E-state index is 0.858. The van der Waals surface area contributed by atoms with Crippen LogP contribution in [0.15, 0.2) is 0 Å². The largest absolute Gasteiger partial charge is 0.0651 e. The van der Waals surface area contributed by atoms with E-state index in [1.54, 1.807) is 0 Å². The van der Waals surface area contributed by atoms with E-state index in [-0.39, 0.29) is 0 Å². The highest BCUT2D eigenvalue weighted by Gasteiger charge is 2.22. The lowest BCUT2D eigenvalue weighted by atomic mass is 9.75. The van der Waals surface area contributed by atoms with Crippen LogP contribution < -0.4 is 0 Å². The van der Waals surface area contributed by atoms with E-state index in [4.69, 9.17) is 0 Å². The Bertz CT molecular complexity index is 122. The summed E-state index contributed by atoms with van der Waals surface area (Å²) in [6, 6.07) is 0. The minimum Gasteiger partial charge on any atom is -0.0651 e. The fraction of sp³-hybridized carbons (Fsp3) is 1.00. The number of hydrogen-bond acceptors (Lipinski definition) is 0. The van der Waals surface area contributed by atoms with Gasteiger partial charge in [0.25, 0.3) is 0 Å². The van der Waals surface area contributed by atoms with Gasteiger partial charge in [0.05, 0.1) is 0 Å². The molecular formula is C14H30. The first-order valence-electron chi connectivity index (χ1n) is 6.56. The second kappa shape index (κ2) is 7.31. The Morgan fingerprint density at radius 1 is 0.714 bits per heavy atom. The van der Waals surface area contributed by atoms with Crippen LogP contribution in [-0.2, 0) is 0 Å². The first-order chi connectivity index (χ1) is 6.56. The Labute approximate surface area is 91.5 Å². The zero-order valence-corrected chi connectivity index (χ0v) is 11.1. The summed E-state index contributed by atoms with van der Waals surface area (Å²) >= 11 is 0. The highest BCUT2D eigenvalue weighted by atomic mass is 14.3. The number of rotatable bonds is 7. The second-order valence-corrected chi connectivity index (χ2v) is 5.23. The summed E-state index contributed by atoms with van der Waals surface area (Å²) in [5.41, 5.74) is 0. The van der Waals surface area contributed by atoms with E-state index < -0.39 is 0 Å². The van der Waals surface area contributed by atoms with Crippen LogP contribution >= 0.6 is 0 Å². The first kappa shape index (κ1) is 14.0. The lowest BCUT2D eigenvalue weighted by Crippen LogP contribution is -2.21. The lowest BCUT2D eigenvalue weighted by molar-refractivity contribution is 0.200. The van der Waals surface area contributed by atoms with Crippen molar-refractivity contribution in [3.8, 4) is 0 Å². The molecule has 0 saturated heterocycles. The van der Waals surface area contributed by atoms with Gasteiger partial charge in [-0.3, -0.25) is 0 Å². The molecule has 0 aromatic carbocycles. The van der Waals surface area contributed by atoms with Crippen molar-refractivity contribution in [2.75, 3.05) is 0 Å². The molecule has 0 spiro atoms. The Kier molecular flexibility index (Phi) is 7.31. The summed E-state index contributed by atoms with van der Waals surface area (Å²) in [4.78, 5) is 0. The average Bonchev–Trinajstić information content (AvgIpc) is 2.15. The van der Waals surface area contributed by atoms with Gasteiger partial charge in [-0.2, -0.15) is 0 Å². The van der Waals surface area contributed by atoms with Gasteiger partial charge in [0, 0.05) is 0 Å².